The summed E-state index contributed by atoms with van der Waals surface area (Å²) in [6, 6.07) is 3.16. The molecule has 3 N–H and O–H groups in total. The van der Waals surface area contributed by atoms with Crippen LogP contribution >= 0.6 is 0 Å². The van der Waals surface area contributed by atoms with Crippen LogP contribution in [0.15, 0.2) is 17.3 Å². The first kappa shape index (κ1) is 22.3. The van der Waals surface area contributed by atoms with E-state index in [9.17, 15) is 15.4 Å². The molecule has 0 heterocycles. The highest BCUT2D eigenvalue weighted by molar-refractivity contribution is 6.02. The molecule has 0 radical (unpaired) electrons. The number of aromatic hydroxyl groups is 2. The Morgan fingerprint density at radius 2 is 1.35 bits per heavy atom. The van der Waals surface area contributed by atoms with E-state index >= 15 is 0 Å². The number of hydrogen-bond acceptors (Lipinski definition) is 4. The summed E-state index contributed by atoms with van der Waals surface area (Å²) in [4.78, 5) is 0. The normalized spacial score (nSPS) is 11.8. The van der Waals surface area contributed by atoms with E-state index in [4.69, 9.17) is 0 Å². The van der Waals surface area contributed by atoms with Gasteiger partial charge in [0.1, 0.15) is 11.5 Å². The summed E-state index contributed by atoms with van der Waals surface area (Å²) >= 11 is 0. The van der Waals surface area contributed by atoms with Gasteiger partial charge in [-0.05, 0) is 37.3 Å². The van der Waals surface area contributed by atoms with Crippen molar-refractivity contribution in [3.63, 3.8) is 0 Å². The van der Waals surface area contributed by atoms with Crippen molar-refractivity contribution >= 4 is 5.71 Å². The van der Waals surface area contributed by atoms with E-state index in [1.807, 2.05) is 0 Å². The number of benzene rings is 1. The Kier molecular flexibility index (Phi) is 11.6. The lowest BCUT2D eigenvalue weighted by atomic mass is 9.97. The predicted molar refractivity (Wildman–Crippen MR) is 109 cm³/mol. The molecule has 1 rings (SSSR count). The van der Waals surface area contributed by atoms with Gasteiger partial charge in [0.15, 0.2) is 0 Å². The Labute approximate surface area is 159 Å². The van der Waals surface area contributed by atoms with Gasteiger partial charge in [-0.25, -0.2) is 0 Å². The number of unbranched alkanes of at least 4 members (excludes halogenated alkanes) is 9. The van der Waals surface area contributed by atoms with Crippen LogP contribution in [0.2, 0.25) is 0 Å². The molecule has 4 nitrogen and oxygen atoms in total. The Bertz CT molecular complexity index is 540. The summed E-state index contributed by atoms with van der Waals surface area (Å²) in [6.45, 7) is 4.39. The lowest BCUT2D eigenvalue weighted by Gasteiger charge is -2.12. The monoisotopic (exact) mass is 363 g/mol. The summed E-state index contributed by atoms with van der Waals surface area (Å²) in [7, 11) is 0. The van der Waals surface area contributed by atoms with Crippen molar-refractivity contribution in [2.75, 3.05) is 0 Å². The average Bonchev–Trinajstić information content (AvgIpc) is 2.63. The molecule has 0 saturated carbocycles. The molecule has 26 heavy (non-hydrogen) atoms. The molecule has 0 atom stereocenters. The lowest BCUT2D eigenvalue weighted by molar-refractivity contribution is 0.317. The summed E-state index contributed by atoms with van der Waals surface area (Å²) in [5, 5.41) is 33.1. The molecule has 0 saturated heterocycles. The van der Waals surface area contributed by atoms with Crippen LogP contribution in [0.3, 0.4) is 0 Å². The molecular formula is C22H37NO3. The highest BCUT2D eigenvalue weighted by Crippen LogP contribution is 2.30. The highest BCUT2D eigenvalue weighted by atomic mass is 16.4. The third kappa shape index (κ3) is 8.11. The van der Waals surface area contributed by atoms with Crippen LogP contribution in [0.1, 0.15) is 102 Å². The summed E-state index contributed by atoms with van der Waals surface area (Å²) < 4.78 is 0. The number of rotatable bonds is 14. The maximum atomic E-state index is 10.2. The van der Waals surface area contributed by atoms with Gasteiger partial charge in [-0.1, -0.05) is 76.8 Å². The van der Waals surface area contributed by atoms with Gasteiger partial charge in [-0.15, -0.1) is 0 Å². The van der Waals surface area contributed by atoms with Crippen LogP contribution in [-0.4, -0.2) is 21.1 Å². The number of nitrogens with zero attached hydrogens (tertiary/aromatic N) is 1. The van der Waals surface area contributed by atoms with Gasteiger partial charge in [-0.3, -0.25) is 0 Å². The zero-order valence-corrected chi connectivity index (χ0v) is 16.6. The van der Waals surface area contributed by atoms with Crippen LogP contribution in [0.25, 0.3) is 0 Å². The first-order valence-electron chi connectivity index (χ1n) is 10.4. The van der Waals surface area contributed by atoms with Crippen molar-refractivity contribution in [2.24, 2.45) is 5.16 Å². The van der Waals surface area contributed by atoms with E-state index in [2.05, 4.69) is 19.0 Å². The third-order valence-electron chi connectivity index (χ3n) is 4.95. The van der Waals surface area contributed by atoms with E-state index in [1.54, 1.807) is 6.07 Å². The molecule has 0 unspecified atom stereocenters. The van der Waals surface area contributed by atoms with Crippen molar-refractivity contribution in [3.8, 4) is 11.5 Å². The molecule has 0 aromatic heterocycles. The molecule has 0 aliphatic heterocycles. The molecule has 148 valence electrons. The van der Waals surface area contributed by atoms with Crippen molar-refractivity contribution in [2.45, 2.75) is 97.3 Å². The predicted octanol–water partition coefficient (Wildman–Crippen LogP) is 6.54. The number of hydrogen-bond donors (Lipinski definition) is 3. The van der Waals surface area contributed by atoms with Gasteiger partial charge in [0.25, 0.3) is 0 Å². The molecule has 0 aliphatic carbocycles. The summed E-state index contributed by atoms with van der Waals surface area (Å²) in [5.41, 5.74) is 1.86. The molecule has 0 amide bonds. The molecule has 0 bridgehead atoms. The molecule has 1 aromatic carbocycles. The topological polar surface area (TPSA) is 73.1 Å². The van der Waals surface area contributed by atoms with Crippen molar-refractivity contribution < 1.29 is 15.4 Å². The van der Waals surface area contributed by atoms with Crippen LogP contribution in [0.5, 0.6) is 11.5 Å². The fraction of sp³-hybridized carbons (Fsp3) is 0.682. The maximum absolute atomic E-state index is 10.2. The Balaban J connectivity index is 2.60. The molecule has 0 spiro atoms. The van der Waals surface area contributed by atoms with E-state index in [0.717, 1.165) is 37.7 Å². The maximum Gasteiger partial charge on any atom is 0.128 e. The average molecular weight is 364 g/mol. The first-order chi connectivity index (χ1) is 12.6. The van der Waals surface area contributed by atoms with E-state index in [1.165, 1.54) is 51.0 Å². The molecule has 4 heteroatoms. The van der Waals surface area contributed by atoms with Crippen molar-refractivity contribution in [1.82, 2.24) is 0 Å². The number of phenols is 2. The van der Waals surface area contributed by atoms with Crippen molar-refractivity contribution in [1.29, 1.82) is 0 Å². The minimum Gasteiger partial charge on any atom is -0.508 e. The van der Waals surface area contributed by atoms with Crippen LogP contribution in [0.4, 0.5) is 0 Å². The Hall–Kier alpha value is -1.71. The molecule has 0 fully saturated rings. The molecular weight excluding hydrogens is 326 g/mol. The number of phenolic OH excluding ortho intramolecular Hbond substituents is 2. The summed E-state index contributed by atoms with van der Waals surface area (Å²) in [6.07, 6.45) is 14.2. The third-order valence-corrected chi connectivity index (χ3v) is 4.95. The summed E-state index contributed by atoms with van der Waals surface area (Å²) in [5.74, 6) is 0.103. The van der Waals surface area contributed by atoms with Crippen molar-refractivity contribution in [3.05, 3.63) is 23.3 Å². The largest absolute Gasteiger partial charge is 0.508 e. The zero-order chi connectivity index (χ0) is 19.2. The molecule has 0 aliphatic rings. The van der Waals surface area contributed by atoms with E-state index in [0.29, 0.717) is 17.7 Å². The first-order valence-corrected chi connectivity index (χ1v) is 10.4. The minimum atomic E-state index is -0.0180. The Morgan fingerprint density at radius 1 is 0.769 bits per heavy atom. The Morgan fingerprint density at radius 3 is 1.96 bits per heavy atom. The fourth-order valence-electron chi connectivity index (χ4n) is 3.28. The second-order valence-corrected chi connectivity index (χ2v) is 7.23. The van der Waals surface area contributed by atoms with Gasteiger partial charge < -0.3 is 15.4 Å². The van der Waals surface area contributed by atoms with Gasteiger partial charge >= 0.3 is 0 Å². The highest BCUT2D eigenvalue weighted by Gasteiger charge is 2.14. The van der Waals surface area contributed by atoms with Gasteiger partial charge in [-0.2, -0.15) is 0 Å². The van der Waals surface area contributed by atoms with Gasteiger partial charge in [0.05, 0.1) is 5.71 Å². The van der Waals surface area contributed by atoms with Crippen LogP contribution in [0, 0.1) is 0 Å². The number of aryl methyl sites for hydroxylation is 1. The minimum absolute atomic E-state index is 0.0180. The quantitative estimate of drug-likeness (QED) is 0.152. The standard InChI is InChI=1S/C22H37NO3/c1-3-5-7-9-10-11-13-15-20(23-26)19-16-18(14-12-8-6-4-2)21(24)17-22(19)25/h16-17,24-26H,3-15H2,1-2H3/b23-20+. The smallest absolute Gasteiger partial charge is 0.128 e. The fourth-order valence-corrected chi connectivity index (χ4v) is 3.28. The van der Waals surface area contributed by atoms with Crippen LogP contribution in [-0.2, 0) is 6.42 Å². The SMILES string of the molecule is CCCCCCCCC/C(=N\O)c1cc(CCCCCC)c(O)cc1O. The van der Waals surface area contributed by atoms with Gasteiger partial charge in [0, 0.05) is 11.6 Å². The second kappa shape index (κ2) is 13.5. The second-order valence-electron chi connectivity index (χ2n) is 7.23. The van der Waals surface area contributed by atoms with E-state index < -0.39 is 0 Å². The van der Waals surface area contributed by atoms with E-state index in [-0.39, 0.29) is 11.5 Å². The number of oxime groups is 1. The molecule has 1 aromatic rings. The zero-order valence-electron chi connectivity index (χ0n) is 16.6. The van der Waals surface area contributed by atoms with Crippen LogP contribution < -0.4 is 0 Å². The lowest BCUT2D eigenvalue weighted by Crippen LogP contribution is -2.03. The van der Waals surface area contributed by atoms with Gasteiger partial charge in [0.2, 0.25) is 0 Å².